The van der Waals surface area contributed by atoms with Gasteiger partial charge in [-0.05, 0) is 47.0 Å². The van der Waals surface area contributed by atoms with Crippen molar-refractivity contribution in [2.45, 2.75) is 26.8 Å². The third kappa shape index (κ3) is 4.19. The lowest BCUT2D eigenvalue weighted by atomic mass is 10.3. The van der Waals surface area contributed by atoms with Crippen LogP contribution < -0.4 is 5.32 Å². The summed E-state index contributed by atoms with van der Waals surface area (Å²) in [6.07, 6.45) is 0.951. The van der Waals surface area contributed by atoms with Gasteiger partial charge in [-0.25, -0.2) is 0 Å². The van der Waals surface area contributed by atoms with Gasteiger partial charge in [0.2, 0.25) is 0 Å². The molecule has 0 saturated heterocycles. The molecule has 0 saturated carbocycles. The molecule has 5 heteroatoms. The van der Waals surface area contributed by atoms with Gasteiger partial charge in [0.15, 0.2) is 0 Å². The van der Waals surface area contributed by atoms with E-state index in [4.69, 9.17) is 0 Å². The normalized spacial score (nSPS) is 10.9. The van der Waals surface area contributed by atoms with Gasteiger partial charge < -0.3 is 10.2 Å². The van der Waals surface area contributed by atoms with E-state index in [1.165, 1.54) is 0 Å². The van der Waals surface area contributed by atoms with E-state index in [0.717, 1.165) is 25.2 Å². The summed E-state index contributed by atoms with van der Waals surface area (Å²) in [5.41, 5.74) is 1.53. The van der Waals surface area contributed by atoms with Crippen molar-refractivity contribution in [1.29, 1.82) is 0 Å². The average Bonchev–Trinajstić information content (AvgIpc) is 2.65. The summed E-state index contributed by atoms with van der Waals surface area (Å²) in [7, 11) is 4.04. The molecule has 0 unspecified atom stereocenters. The zero-order valence-corrected chi connectivity index (χ0v) is 11.2. The number of rotatable bonds is 6. The molecule has 1 aromatic rings. The van der Waals surface area contributed by atoms with Crippen molar-refractivity contribution in [3.63, 3.8) is 0 Å². The van der Waals surface area contributed by atoms with Crippen molar-refractivity contribution in [2.75, 3.05) is 27.2 Å². The van der Waals surface area contributed by atoms with Gasteiger partial charge in [0.1, 0.15) is 5.69 Å². The lowest BCUT2D eigenvalue weighted by Gasteiger charge is -2.09. The molecule has 96 valence electrons. The topological polar surface area (TPSA) is 50.2 Å². The average molecular weight is 238 g/mol. The molecule has 0 aliphatic rings. The van der Waals surface area contributed by atoms with Crippen LogP contribution in [0.25, 0.3) is 0 Å². The maximum absolute atomic E-state index is 11.8. The fourth-order valence-corrected chi connectivity index (χ4v) is 1.63. The molecular weight excluding hydrogens is 216 g/mol. The standard InChI is InChI=1S/C12H22N4O/c1-5-16-10(2)9-11(14-16)12(17)13-7-6-8-15(3)4/h9H,5-8H2,1-4H3,(H,13,17). The van der Waals surface area contributed by atoms with Crippen LogP contribution in [0, 0.1) is 6.92 Å². The third-order valence-corrected chi connectivity index (χ3v) is 2.58. The van der Waals surface area contributed by atoms with Gasteiger partial charge in [0.25, 0.3) is 5.91 Å². The highest BCUT2D eigenvalue weighted by molar-refractivity contribution is 5.92. The molecular formula is C12H22N4O. The number of aromatic nitrogens is 2. The van der Waals surface area contributed by atoms with E-state index in [2.05, 4.69) is 15.3 Å². The van der Waals surface area contributed by atoms with Crippen LogP contribution in [0.5, 0.6) is 0 Å². The van der Waals surface area contributed by atoms with Crippen LogP contribution in [0.15, 0.2) is 6.07 Å². The molecule has 0 radical (unpaired) electrons. The fourth-order valence-electron chi connectivity index (χ4n) is 1.63. The number of carbonyl (C=O) groups is 1. The Balaban J connectivity index is 2.41. The Morgan fingerprint density at radius 2 is 2.24 bits per heavy atom. The second-order valence-electron chi connectivity index (χ2n) is 4.40. The summed E-state index contributed by atoms with van der Waals surface area (Å²) < 4.78 is 1.83. The smallest absolute Gasteiger partial charge is 0.271 e. The molecule has 0 spiro atoms. The summed E-state index contributed by atoms with van der Waals surface area (Å²) in [5, 5.41) is 7.11. The van der Waals surface area contributed by atoms with E-state index in [1.54, 1.807) is 0 Å². The molecule has 1 N–H and O–H groups in total. The molecule has 1 rings (SSSR count). The van der Waals surface area contributed by atoms with Gasteiger partial charge >= 0.3 is 0 Å². The zero-order valence-electron chi connectivity index (χ0n) is 11.2. The molecule has 0 aliphatic carbocycles. The molecule has 5 nitrogen and oxygen atoms in total. The van der Waals surface area contributed by atoms with E-state index in [-0.39, 0.29) is 5.91 Å². The summed E-state index contributed by atoms with van der Waals surface area (Å²) in [4.78, 5) is 13.9. The number of amides is 1. The summed E-state index contributed by atoms with van der Waals surface area (Å²) >= 11 is 0. The molecule has 0 atom stereocenters. The van der Waals surface area contributed by atoms with Crippen LogP contribution in [0.4, 0.5) is 0 Å². The predicted octanol–water partition coefficient (Wildman–Crippen LogP) is 0.893. The van der Waals surface area contributed by atoms with Crippen LogP contribution in [0.2, 0.25) is 0 Å². The van der Waals surface area contributed by atoms with E-state index >= 15 is 0 Å². The van der Waals surface area contributed by atoms with Crippen molar-refractivity contribution < 1.29 is 4.79 Å². The van der Waals surface area contributed by atoms with E-state index in [0.29, 0.717) is 12.2 Å². The maximum Gasteiger partial charge on any atom is 0.271 e. The Hall–Kier alpha value is -1.36. The van der Waals surface area contributed by atoms with Crippen LogP contribution in [-0.2, 0) is 6.54 Å². The molecule has 1 amide bonds. The summed E-state index contributed by atoms with van der Waals surface area (Å²) in [5.74, 6) is -0.0842. The number of hydrogen-bond acceptors (Lipinski definition) is 3. The van der Waals surface area contributed by atoms with Crippen LogP contribution in [0.1, 0.15) is 29.5 Å². The van der Waals surface area contributed by atoms with Crippen molar-refractivity contribution >= 4 is 5.91 Å². The van der Waals surface area contributed by atoms with Crippen LogP contribution in [0.3, 0.4) is 0 Å². The van der Waals surface area contributed by atoms with Crippen molar-refractivity contribution in [3.05, 3.63) is 17.5 Å². The highest BCUT2D eigenvalue weighted by Crippen LogP contribution is 2.02. The Bertz CT molecular complexity index is 371. The maximum atomic E-state index is 11.8. The molecule has 0 aliphatic heterocycles. The zero-order chi connectivity index (χ0) is 12.8. The van der Waals surface area contributed by atoms with Gasteiger partial charge in [0, 0.05) is 18.8 Å². The second-order valence-corrected chi connectivity index (χ2v) is 4.40. The molecule has 0 fully saturated rings. The highest BCUT2D eigenvalue weighted by Gasteiger charge is 2.10. The quantitative estimate of drug-likeness (QED) is 0.749. The van der Waals surface area contributed by atoms with Gasteiger partial charge in [-0.15, -0.1) is 0 Å². The van der Waals surface area contributed by atoms with E-state index in [1.807, 2.05) is 38.7 Å². The Morgan fingerprint density at radius 3 is 2.76 bits per heavy atom. The molecule has 1 aromatic heterocycles. The molecule has 0 bridgehead atoms. The van der Waals surface area contributed by atoms with Gasteiger partial charge in [-0.2, -0.15) is 5.10 Å². The second kappa shape index (κ2) is 6.39. The van der Waals surface area contributed by atoms with Crippen LogP contribution in [-0.4, -0.2) is 47.8 Å². The number of hydrogen-bond donors (Lipinski definition) is 1. The lowest BCUT2D eigenvalue weighted by molar-refractivity contribution is 0.0946. The first kappa shape index (κ1) is 13.7. The first-order valence-corrected chi connectivity index (χ1v) is 6.02. The number of carbonyl (C=O) groups excluding carboxylic acids is 1. The Kier molecular flexibility index (Phi) is 5.15. The Morgan fingerprint density at radius 1 is 1.53 bits per heavy atom. The minimum Gasteiger partial charge on any atom is -0.351 e. The van der Waals surface area contributed by atoms with Gasteiger partial charge in [0.05, 0.1) is 0 Å². The highest BCUT2D eigenvalue weighted by atomic mass is 16.1. The number of aryl methyl sites for hydroxylation is 2. The summed E-state index contributed by atoms with van der Waals surface area (Å²) in [6, 6.07) is 1.82. The summed E-state index contributed by atoms with van der Waals surface area (Å²) in [6.45, 7) is 6.43. The van der Waals surface area contributed by atoms with Crippen molar-refractivity contribution in [1.82, 2.24) is 20.0 Å². The fraction of sp³-hybridized carbons (Fsp3) is 0.667. The Labute approximate surface area is 103 Å². The predicted molar refractivity (Wildman–Crippen MR) is 68.1 cm³/mol. The van der Waals surface area contributed by atoms with Crippen LogP contribution >= 0.6 is 0 Å². The van der Waals surface area contributed by atoms with Crippen molar-refractivity contribution in [3.8, 4) is 0 Å². The first-order valence-electron chi connectivity index (χ1n) is 6.02. The largest absolute Gasteiger partial charge is 0.351 e. The molecule has 1 heterocycles. The minimum atomic E-state index is -0.0842. The van der Waals surface area contributed by atoms with Crippen molar-refractivity contribution in [2.24, 2.45) is 0 Å². The monoisotopic (exact) mass is 238 g/mol. The van der Waals surface area contributed by atoms with E-state index < -0.39 is 0 Å². The minimum absolute atomic E-state index is 0.0842. The number of nitrogens with one attached hydrogen (secondary N) is 1. The SMILES string of the molecule is CCn1nc(C(=O)NCCCN(C)C)cc1C. The molecule has 17 heavy (non-hydrogen) atoms. The first-order chi connectivity index (χ1) is 8.04. The van der Waals surface area contributed by atoms with Gasteiger partial charge in [-0.1, -0.05) is 0 Å². The van der Waals surface area contributed by atoms with E-state index in [9.17, 15) is 4.79 Å². The number of nitrogens with zero attached hydrogens (tertiary/aromatic N) is 3. The third-order valence-electron chi connectivity index (χ3n) is 2.58. The lowest BCUT2D eigenvalue weighted by Crippen LogP contribution is -2.27. The van der Waals surface area contributed by atoms with Gasteiger partial charge in [-0.3, -0.25) is 9.48 Å². The molecule has 0 aromatic carbocycles.